The summed E-state index contributed by atoms with van der Waals surface area (Å²) in [7, 11) is 2.04. The van der Waals surface area contributed by atoms with Crippen LogP contribution in [-0.2, 0) is 13.6 Å². The summed E-state index contributed by atoms with van der Waals surface area (Å²) in [5, 5.41) is 3.55. The highest BCUT2D eigenvalue weighted by Crippen LogP contribution is 2.22. The van der Waals surface area contributed by atoms with Crippen LogP contribution in [0.15, 0.2) is 42.6 Å². The van der Waals surface area contributed by atoms with Crippen molar-refractivity contribution in [3.05, 3.63) is 59.7 Å². The van der Waals surface area contributed by atoms with Crippen LogP contribution >= 0.6 is 0 Å². The Morgan fingerprint density at radius 1 is 1.16 bits per heavy atom. The third-order valence-corrected chi connectivity index (χ3v) is 3.45. The van der Waals surface area contributed by atoms with Crippen molar-refractivity contribution in [1.29, 1.82) is 0 Å². The predicted octanol–water partition coefficient (Wildman–Crippen LogP) is 3.65. The Balaban J connectivity index is 2.08. The molecule has 0 bridgehead atoms. The second-order valence-electron chi connectivity index (χ2n) is 5.26. The van der Waals surface area contributed by atoms with E-state index < -0.39 is 0 Å². The van der Waals surface area contributed by atoms with Gasteiger partial charge in [-0.2, -0.15) is 0 Å². The number of nitrogens with zero attached hydrogens (tertiary/aromatic N) is 1. The van der Waals surface area contributed by atoms with Crippen LogP contribution in [0.25, 0.3) is 0 Å². The maximum atomic E-state index is 13.0. The second kappa shape index (κ2) is 6.02. The molecule has 3 heteroatoms. The van der Waals surface area contributed by atoms with E-state index in [1.54, 1.807) is 0 Å². The minimum absolute atomic E-state index is 0.186. The minimum Gasteiger partial charge on any atom is -0.353 e. The molecule has 0 fully saturated rings. The van der Waals surface area contributed by atoms with Crippen molar-refractivity contribution in [3.8, 4) is 0 Å². The normalized spacial score (nSPS) is 12.9. The average Bonchev–Trinajstić information content (AvgIpc) is 2.77. The minimum atomic E-state index is -0.186. The summed E-state index contributed by atoms with van der Waals surface area (Å²) in [5.74, 6) is 0.263. The summed E-state index contributed by atoms with van der Waals surface area (Å²) >= 11 is 0. The fraction of sp³-hybridized carbons (Fsp3) is 0.375. The molecular weight excluding hydrogens is 239 g/mol. The first-order valence-electron chi connectivity index (χ1n) is 6.67. The van der Waals surface area contributed by atoms with E-state index in [4.69, 9.17) is 0 Å². The molecule has 1 unspecified atom stereocenters. The first-order chi connectivity index (χ1) is 9.08. The van der Waals surface area contributed by atoms with Gasteiger partial charge >= 0.3 is 0 Å². The van der Waals surface area contributed by atoms with E-state index in [0.29, 0.717) is 5.92 Å². The lowest BCUT2D eigenvalue weighted by molar-refractivity contribution is 0.405. The van der Waals surface area contributed by atoms with Gasteiger partial charge in [0.15, 0.2) is 0 Å². The van der Waals surface area contributed by atoms with Crippen molar-refractivity contribution < 1.29 is 4.39 Å². The van der Waals surface area contributed by atoms with Crippen molar-refractivity contribution in [2.45, 2.75) is 26.4 Å². The van der Waals surface area contributed by atoms with Crippen LogP contribution in [0.2, 0.25) is 0 Å². The molecule has 0 saturated heterocycles. The summed E-state index contributed by atoms with van der Waals surface area (Å²) in [6.07, 6.45) is 2.04. The number of halogens is 1. The number of nitrogens with one attached hydrogen (secondary N) is 1. The van der Waals surface area contributed by atoms with Crippen LogP contribution in [0.4, 0.5) is 4.39 Å². The molecule has 19 heavy (non-hydrogen) atoms. The SMILES string of the molecule is CC(C)C(NCc1cccn1C)c1ccc(F)cc1. The summed E-state index contributed by atoms with van der Waals surface area (Å²) in [4.78, 5) is 0. The molecule has 102 valence electrons. The van der Waals surface area contributed by atoms with Gasteiger partial charge in [0.2, 0.25) is 0 Å². The maximum Gasteiger partial charge on any atom is 0.123 e. The van der Waals surface area contributed by atoms with Gasteiger partial charge in [0, 0.05) is 31.5 Å². The van der Waals surface area contributed by atoms with Crippen LogP contribution < -0.4 is 5.32 Å². The van der Waals surface area contributed by atoms with Gasteiger partial charge < -0.3 is 9.88 Å². The Morgan fingerprint density at radius 3 is 2.37 bits per heavy atom. The summed E-state index contributed by atoms with van der Waals surface area (Å²) in [6, 6.07) is 11.1. The van der Waals surface area contributed by atoms with E-state index in [1.165, 1.54) is 17.8 Å². The third kappa shape index (κ3) is 3.44. The summed E-state index contributed by atoms with van der Waals surface area (Å²) in [6.45, 7) is 5.15. The highest BCUT2D eigenvalue weighted by molar-refractivity contribution is 5.20. The predicted molar refractivity (Wildman–Crippen MR) is 76.2 cm³/mol. The molecule has 2 nitrogen and oxygen atoms in total. The summed E-state index contributed by atoms with van der Waals surface area (Å²) < 4.78 is 15.1. The zero-order valence-electron chi connectivity index (χ0n) is 11.7. The smallest absolute Gasteiger partial charge is 0.123 e. The van der Waals surface area contributed by atoms with Crippen LogP contribution in [0.5, 0.6) is 0 Å². The molecule has 1 aromatic heterocycles. The van der Waals surface area contributed by atoms with Crippen molar-refractivity contribution in [2.24, 2.45) is 13.0 Å². The molecule has 0 radical (unpaired) electrons. The lowest BCUT2D eigenvalue weighted by atomic mass is 9.96. The van der Waals surface area contributed by atoms with E-state index in [1.807, 2.05) is 31.4 Å². The van der Waals surface area contributed by atoms with Gasteiger partial charge in [0.1, 0.15) is 5.82 Å². The largest absolute Gasteiger partial charge is 0.353 e. The molecule has 0 amide bonds. The molecule has 2 rings (SSSR count). The van der Waals surface area contributed by atoms with E-state index >= 15 is 0 Å². The average molecular weight is 260 g/mol. The van der Waals surface area contributed by atoms with Crippen LogP contribution in [-0.4, -0.2) is 4.57 Å². The molecule has 0 aliphatic carbocycles. The molecular formula is C16H21FN2. The lowest BCUT2D eigenvalue weighted by Crippen LogP contribution is -2.26. The lowest BCUT2D eigenvalue weighted by Gasteiger charge is -2.23. The van der Waals surface area contributed by atoms with Gasteiger partial charge in [0.05, 0.1) is 0 Å². The van der Waals surface area contributed by atoms with Crippen molar-refractivity contribution >= 4 is 0 Å². The first-order valence-corrected chi connectivity index (χ1v) is 6.67. The third-order valence-electron chi connectivity index (χ3n) is 3.45. The molecule has 1 heterocycles. The maximum absolute atomic E-state index is 13.0. The Kier molecular flexibility index (Phi) is 4.38. The van der Waals surface area contributed by atoms with Crippen LogP contribution in [0, 0.1) is 11.7 Å². The highest BCUT2D eigenvalue weighted by atomic mass is 19.1. The number of rotatable bonds is 5. The number of benzene rings is 1. The number of aromatic nitrogens is 1. The zero-order valence-corrected chi connectivity index (χ0v) is 11.7. The van der Waals surface area contributed by atoms with Gasteiger partial charge in [-0.1, -0.05) is 26.0 Å². The number of aryl methyl sites for hydroxylation is 1. The summed E-state index contributed by atoms with van der Waals surface area (Å²) in [5.41, 5.74) is 2.37. The quantitative estimate of drug-likeness (QED) is 0.868. The molecule has 1 aromatic carbocycles. The topological polar surface area (TPSA) is 17.0 Å². The molecule has 0 aliphatic rings. The monoisotopic (exact) mass is 260 g/mol. The molecule has 2 aromatic rings. The van der Waals surface area contributed by atoms with Gasteiger partial charge in [-0.15, -0.1) is 0 Å². The second-order valence-corrected chi connectivity index (χ2v) is 5.26. The number of hydrogen-bond donors (Lipinski definition) is 1. The van der Waals surface area contributed by atoms with E-state index in [2.05, 4.69) is 29.8 Å². The molecule has 0 saturated carbocycles. The Morgan fingerprint density at radius 2 is 1.84 bits per heavy atom. The Bertz CT molecular complexity index is 514. The van der Waals surface area contributed by atoms with E-state index in [-0.39, 0.29) is 11.9 Å². The van der Waals surface area contributed by atoms with Crippen molar-refractivity contribution in [3.63, 3.8) is 0 Å². The molecule has 1 atom stereocenters. The fourth-order valence-corrected chi connectivity index (χ4v) is 2.30. The van der Waals surface area contributed by atoms with Crippen molar-refractivity contribution in [2.75, 3.05) is 0 Å². The Labute approximate surface area is 114 Å². The van der Waals surface area contributed by atoms with E-state index in [9.17, 15) is 4.39 Å². The zero-order chi connectivity index (χ0) is 13.8. The number of hydrogen-bond acceptors (Lipinski definition) is 1. The van der Waals surface area contributed by atoms with Gasteiger partial charge in [-0.05, 0) is 35.7 Å². The van der Waals surface area contributed by atoms with Gasteiger partial charge in [-0.3, -0.25) is 0 Å². The standard InChI is InChI=1S/C16H21FN2/c1-12(2)16(13-6-8-14(17)9-7-13)18-11-15-5-4-10-19(15)3/h4-10,12,16,18H,11H2,1-3H3. The Hall–Kier alpha value is -1.61. The van der Waals surface area contributed by atoms with Crippen LogP contribution in [0.3, 0.4) is 0 Å². The van der Waals surface area contributed by atoms with Gasteiger partial charge in [-0.25, -0.2) is 4.39 Å². The van der Waals surface area contributed by atoms with Crippen LogP contribution in [0.1, 0.15) is 31.1 Å². The fourth-order valence-electron chi connectivity index (χ4n) is 2.30. The van der Waals surface area contributed by atoms with Crippen molar-refractivity contribution in [1.82, 2.24) is 9.88 Å². The molecule has 0 aliphatic heterocycles. The van der Waals surface area contributed by atoms with E-state index in [0.717, 1.165) is 12.1 Å². The molecule has 0 spiro atoms. The highest BCUT2D eigenvalue weighted by Gasteiger charge is 2.15. The molecule has 1 N–H and O–H groups in total. The van der Waals surface area contributed by atoms with Gasteiger partial charge in [0.25, 0.3) is 0 Å². The first kappa shape index (κ1) is 13.8.